The highest BCUT2D eigenvalue weighted by atomic mass is 32.2. The molecule has 126 valence electrons. The van der Waals surface area contributed by atoms with Crippen LogP contribution in [0, 0.1) is 0 Å². The van der Waals surface area contributed by atoms with Gasteiger partial charge in [0.05, 0.1) is 4.90 Å². The van der Waals surface area contributed by atoms with Crippen molar-refractivity contribution in [2.24, 2.45) is 0 Å². The SMILES string of the molecule is CS(=O)(=O)c1ccc(CNC(=O)C2COc3ccccc3O2)cc1. The van der Waals surface area contributed by atoms with Gasteiger partial charge in [0, 0.05) is 12.8 Å². The lowest BCUT2D eigenvalue weighted by molar-refractivity contribution is -0.130. The molecule has 0 spiro atoms. The summed E-state index contributed by atoms with van der Waals surface area (Å²) in [6.45, 7) is 0.431. The Labute approximate surface area is 140 Å². The highest BCUT2D eigenvalue weighted by Gasteiger charge is 2.26. The summed E-state index contributed by atoms with van der Waals surface area (Å²) in [6, 6.07) is 13.6. The van der Waals surface area contributed by atoms with Gasteiger partial charge < -0.3 is 14.8 Å². The molecular weight excluding hydrogens is 330 g/mol. The van der Waals surface area contributed by atoms with E-state index < -0.39 is 15.9 Å². The number of hydrogen-bond donors (Lipinski definition) is 1. The molecule has 1 heterocycles. The van der Waals surface area contributed by atoms with Crippen LogP contribution in [0.25, 0.3) is 0 Å². The first-order valence-electron chi connectivity index (χ1n) is 7.39. The number of benzene rings is 2. The Balaban J connectivity index is 1.58. The van der Waals surface area contributed by atoms with E-state index in [4.69, 9.17) is 9.47 Å². The van der Waals surface area contributed by atoms with Crippen molar-refractivity contribution >= 4 is 15.7 Å². The lowest BCUT2D eigenvalue weighted by atomic mass is 10.2. The number of carbonyl (C=O) groups excluding carboxylic acids is 1. The number of hydrogen-bond acceptors (Lipinski definition) is 5. The molecule has 0 bridgehead atoms. The fourth-order valence-electron chi connectivity index (χ4n) is 2.31. The number of nitrogens with one attached hydrogen (secondary N) is 1. The lowest BCUT2D eigenvalue weighted by Gasteiger charge is -2.25. The van der Waals surface area contributed by atoms with Crippen molar-refractivity contribution in [3.63, 3.8) is 0 Å². The Morgan fingerprint density at radius 1 is 1.12 bits per heavy atom. The maximum atomic E-state index is 12.2. The first kappa shape index (κ1) is 16.3. The summed E-state index contributed by atoms with van der Waals surface area (Å²) in [5.74, 6) is 0.885. The van der Waals surface area contributed by atoms with Crippen LogP contribution >= 0.6 is 0 Å². The van der Waals surface area contributed by atoms with Crippen LogP contribution < -0.4 is 14.8 Å². The Kier molecular flexibility index (Phi) is 4.44. The second-order valence-electron chi connectivity index (χ2n) is 5.50. The zero-order valence-electron chi connectivity index (χ0n) is 13.1. The molecule has 0 aliphatic carbocycles. The molecular formula is C17H17NO5S. The van der Waals surface area contributed by atoms with E-state index in [9.17, 15) is 13.2 Å². The van der Waals surface area contributed by atoms with Gasteiger partial charge in [0.15, 0.2) is 21.3 Å². The zero-order chi connectivity index (χ0) is 17.2. The molecule has 0 saturated carbocycles. The topological polar surface area (TPSA) is 81.7 Å². The van der Waals surface area contributed by atoms with Crippen molar-refractivity contribution in [1.82, 2.24) is 5.32 Å². The second kappa shape index (κ2) is 6.52. The fourth-order valence-corrected chi connectivity index (χ4v) is 2.94. The van der Waals surface area contributed by atoms with Gasteiger partial charge in [-0.3, -0.25) is 4.79 Å². The molecule has 1 unspecified atom stereocenters. The summed E-state index contributed by atoms with van der Waals surface area (Å²) >= 11 is 0. The minimum absolute atomic E-state index is 0.149. The van der Waals surface area contributed by atoms with E-state index in [1.54, 1.807) is 24.3 Å². The Morgan fingerprint density at radius 3 is 2.46 bits per heavy atom. The number of carbonyl (C=O) groups is 1. The van der Waals surface area contributed by atoms with Gasteiger partial charge in [0.2, 0.25) is 6.10 Å². The van der Waals surface area contributed by atoms with Gasteiger partial charge in [0.25, 0.3) is 5.91 Å². The molecule has 6 nitrogen and oxygen atoms in total. The highest BCUT2D eigenvalue weighted by Crippen LogP contribution is 2.30. The Bertz CT molecular complexity index is 846. The van der Waals surface area contributed by atoms with Crippen molar-refractivity contribution < 1.29 is 22.7 Å². The van der Waals surface area contributed by atoms with Gasteiger partial charge >= 0.3 is 0 Å². The maximum absolute atomic E-state index is 12.2. The third-order valence-corrected chi connectivity index (χ3v) is 4.75. The average molecular weight is 347 g/mol. The Hall–Kier alpha value is -2.54. The lowest BCUT2D eigenvalue weighted by Crippen LogP contribution is -2.43. The van der Waals surface area contributed by atoms with Crippen molar-refractivity contribution in [3.8, 4) is 11.5 Å². The van der Waals surface area contributed by atoms with Crippen LogP contribution in [0.15, 0.2) is 53.4 Å². The zero-order valence-corrected chi connectivity index (χ0v) is 13.9. The van der Waals surface area contributed by atoms with Gasteiger partial charge in [-0.2, -0.15) is 0 Å². The number of rotatable bonds is 4. The fraction of sp³-hybridized carbons (Fsp3) is 0.235. The van der Waals surface area contributed by atoms with Gasteiger partial charge in [0.1, 0.15) is 6.61 Å². The number of sulfone groups is 1. The monoisotopic (exact) mass is 347 g/mol. The third kappa shape index (κ3) is 3.68. The molecule has 3 rings (SSSR count). The predicted molar refractivity (Wildman–Crippen MR) is 87.8 cm³/mol. The van der Waals surface area contributed by atoms with Gasteiger partial charge in [-0.15, -0.1) is 0 Å². The molecule has 0 aromatic heterocycles. The first-order chi connectivity index (χ1) is 11.4. The largest absolute Gasteiger partial charge is 0.485 e. The smallest absolute Gasteiger partial charge is 0.264 e. The van der Waals surface area contributed by atoms with Crippen molar-refractivity contribution in [2.45, 2.75) is 17.5 Å². The standard InChI is InChI=1S/C17H17NO5S/c1-24(20,21)13-8-6-12(7-9-13)10-18-17(19)16-11-22-14-4-2-3-5-15(14)23-16/h2-9,16H,10-11H2,1H3,(H,18,19). The maximum Gasteiger partial charge on any atom is 0.264 e. The minimum Gasteiger partial charge on any atom is -0.485 e. The number of ether oxygens (including phenoxy) is 2. The van der Waals surface area contributed by atoms with E-state index in [1.807, 2.05) is 12.1 Å². The van der Waals surface area contributed by atoms with E-state index in [0.717, 1.165) is 11.8 Å². The molecule has 24 heavy (non-hydrogen) atoms. The molecule has 1 aliphatic rings. The molecule has 7 heteroatoms. The molecule has 1 aliphatic heterocycles. The molecule has 1 N–H and O–H groups in total. The van der Waals surface area contributed by atoms with Crippen molar-refractivity contribution in [1.29, 1.82) is 0 Å². The first-order valence-corrected chi connectivity index (χ1v) is 9.28. The summed E-state index contributed by atoms with van der Waals surface area (Å²) in [5.41, 5.74) is 0.799. The third-order valence-electron chi connectivity index (χ3n) is 3.62. The average Bonchev–Trinajstić information content (AvgIpc) is 2.59. The number of para-hydroxylation sites is 2. The molecule has 0 saturated heterocycles. The van der Waals surface area contributed by atoms with Crippen molar-refractivity contribution in [2.75, 3.05) is 12.9 Å². The predicted octanol–water partition coefficient (Wildman–Crippen LogP) is 1.55. The van der Waals surface area contributed by atoms with Crippen LogP contribution in [0.2, 0.25) is 0 Å². The molecule has 1 amide bonds. The number of fused-ring (bicyclic) bond motifs is 1. The minimum atomic E-state index is -3.22. The molecule has 2 aromatic carbocycles. The molecule has 1 atom stereocenters. The molecule has 0 fully saturated rings. The summed E-state index contributed by atoms with van der Waals surface area (Å²) < 4.78 is 34.0. The van der Waals surface area contributed by atoms with Gasteiger partial charge in [-0.1, -0.05) is 24.3 Å². The summed E-state index contributed by atoms with van der Waals surface area (Å²) in [7, 11) is -3.22. The van der Waals surface area contributed by atoms with Crippen LogP contribution in [0.4, 0.5) is 0 Å². The van der Waals surface area contributed by atoms with Crippen LogP contribution in [-0.4, -0.2) is 33.3 Å². The van der Waals surface area contributed by atoms with Crippen LogP contribution in [0.3, 0.4) is 0 Å². The summed E-state index contributed by atoms with van der Waals surface area (Å²) in [5, 5.41) is 2.76. The Morgan fingerprint density at radius 2 is 1.79 bits per heavy atom. The van der Waals surface area contributed by atoms with E-state index >= 15 is 0 Å². The second-order valence-corrected chi connectivity index (χ2v) is 7.51. The highest BCUT2D eigenvalue weighted by molar-refractivity contribution is 7.90. The van der Waals surface area contributed by atoms with E-state index in [0.29, 0.717) is 11.5 Å². The molecule has 2 aromatic rings. The van der Waals surface area contributed by atoms with E-state index in [2.05, 4.69) is 5.32 Å². The van der Waals surface area contributed by atoms with Crippen LogP contribution in [0.5, 0.6) is 11.5 Å². The van der Waals surface area contributed by atoms with Crippen LogP contribution in [-0.2, 0) is 21.2 Å². The van der Waals surface area contributed by atoms with Crippen molar-refractivity contribution in [3.05, 3.63) is 54.1 Å². The normalized spacial score (nSPS) is 16.5. The van der Waals surface area contributed by atoms with E-state index in [1.165, 1.54) is 12.1 Å². The van der Waals surface area contributed by atoms with Gasteiger partial charge in [-0.25, -0.2) is 8.42 Å². The summed E-state index contributed by atoms with van der Waals surface area (Å²) in [4.78, 5) is 12.4. The van der Waals surface area contributed by atoms with Gasteiger partial charge in [-0.05, 0) is 29.8 Å². The van der Waals surface area contributed by atoms with Crippen LogP contribution in [0.1, 0.15) is 5.56 Å². The quantitative estimate of drug-likeness (QED) is 0.907. The summed E-state index contributed by atoms with van der Waals surface area (Å²) in [6.07, 6.45) is 0.442. The molecule has 0 radical (unpaired) electrons. The van der Waals surface area contributed by atoms with E-state index in [-0.39, 0.29) is 24.0 Å². The number of amides is 1.